The van der Waals surface area contributed by atoms with Crippen molar-refractivity contribution in [2.75, 3.05) is 17.9 Å². The Labute approximate surface area is 114 Å². The van der Waals surface area contributed by atoms with Crippen LogP contribution in [0.4, 0.5) is 11.6 Å². The van der Waals surface area contributed by atoms with Crippen LogP contribution in [0.25, 0.3) is 0 Å². The molecule has 0 saturated heterocycles. The van der Waals surface area contributed by atoms with Gasteiger partial charge in [-0.15, -0.1) is 0 Å². The molecule has 0 amide bonds. The third-order valence-corrected chi connectivity index (χ3v) is 3.58. The van der Waals surface area contributed by atoms with Gasteiger partial charge in [0.1, 0.15) is 18.2 Å². The zero-order chi connectivity index (χ0) is 13.7. The molecule has 0 unspecified atom stereocenters. The second-order valence-corrected chi connectivity index (χ2v) is 5.38. The van der Waals surface area contributed by atoms with E-state index in [1.165, 1.54) is 32.1 Å². The quantitative estimate of drug-likeness (QED) is 0.558. The Bertz CT molecular complexity index is 417. The van der Waals surface area contributed by atoms with Gasteiger partial charge in [0.15, 0.2) is 5.82 Å². The summed E-state index contributed by atoms with van der Waals surface area (Å²) in [4.78, 5) is 8.71. The summed E-state index contributed by atoms with van der Waals surface area (Å²) in [6.45, 7) is 2.63. The van der Waals surface area contributed by atoms with E-state index in [-0.39, 0.29) is 5.54 Å². The van der Waals surface area contributed by atoms with E-state index in [2.05, 4.69) is 27.6 Å². The number of nitrogen functional groups attached to an aromatic ring is 1. The zero-order valence-corrected chi connectivity index (χ0v) is 11.7. The lowest BCUT2D eigenvalue weighted by molar-refractivity contribution is 0.178. The van der Waals surface area contributed by atoms with Crippen LogP contribution >= 0.6 is 0 Å². The number of hydrazine groups is 1. The molecule has 19 heavy (non-hydrogen) atoms. The van der Waals surface area contributed by atoms with E-state index in [1.54, 1.807) is 7.11 Å². The molecule has 1 heterocycles. The summed E-state index contributed by atoms with van der Waals surface area (Å²) < 4.78 is 5.08. The molecule has 1 saturated carbocycles. The third kappa shape index (κ3) is 3.78. The van der Waals surface area contributed by atoms with E-state index < -0.39 is 0 Å². The van der Waals surface area contributed by atoms with Gasteiger partial charge >= 0.3 is 0 Å². The van der Waals surface area contributed by atoms with Gasteiger partial charge < -0.3 is 15.5 Å². The minimum Gasteiger partial charge on any atom is -0.377 e. The van der Waals surface area contributed by atoms with Crippen LogP contribution in [0.2, 0.25) is 0 Å². The maximum absolute atomic E-state index is 5.44. The summed E-state index contributed by atoms with van der Waals surface area (Å²) in [5.74, 6) is 7.47. The predicted octanol–water partition coefficient (Wildman–Crippen LogP) is 2.04. The smallest absolute Gasteiger partial charge is 0.158 e. The van der Waals surface area contributed by atoms with E-state index >= 15 is 0 Å². The number of methoxy groups -OCH3 is 1. The highest BCUT2D eigenvalue weighted by atomic mass is 16.5. The lowest BCUT2D eigenvalue weighted by Gasteiger charge is -2.35. The maximum atomic E-state index is 5.44. The second-order valence-electron chi connectivity index (χ2n) is 5.38. The summed E-state index contributed by atoms with van der Waals surface area (Å²) in [6, 6.07) is 1.83. The van der Waals surface area contributed by atoms with E-state index in [0.29, 0.717) is 18.2 Å². The summed E-state index contributed by atoms with van der Waals surface area (Å²) in [5, 5.41) is 3.53. The fourth-order valence-electron chi connectivity index (χ4n) is 2.60. The Hall–Kier alpha value is -1.40. The number of nitrogens with zero attached hydrogens (tertiary/aromatic N) is 2. The van der Waals surface area contributed by atoms with Crippen molar-refractivity contribution in [1.82, 2.24) is 9.97 Å². The molecular weight excluding hydrogens is 242 g/mol. The Balaban J connectivity index is 2.16. The lowest BCUT2D eigenvalue weighted by Crippen LogP contribution is -2.37. The molecule has 1 aliphatic rings. The van der Waals surface area contributed by atoms with Crippen molar-refractivity contribution in [3.63, 3.8) is 0 Å². The van der Waals surface area contributed by atoms with Crippen LogP contribution in [-0.4, -0.2) is 22.6 Å². The first kappa shape index (κ1) is 14.0. The molecule has 1 aliphatic carbocycles. The van der Waals surface area contributed by atoms with Crippen molar-refractivity contribution in [2.24, 2.45) is 5.84 Å². The number of ether oxygens (including phenoxy) is 1. The van der Waals surface area contributed by atoms with Gasteiger partial charge in [0.2, 0.25) is 0 Å². The number of hydrogen-bond acceptors (Lipinski definition) is 6. The summed E-state index contributed by atoms with van der Waals surface area (Å²) in [6.07, 6.45) is 6.19. The predicted molar refractivity (Wildman–Crippen MR) is 75.7 cm³/mol. The molecule has 106 valence electrons. The molecule has 1 aromatic heterocycles. The molecular formula is C13H23N5O. The number of rotatable bonds is 5. The lowest BCUT2D eigenvalue weighted by atomic mass is 9.83. The summed E-state index contributed by atoms with van der Waals surface area (Å²) >= 11 is 0. The fourth-order valence-corrected chi connectivity index (χ4v) is 2.60. The molecule has 0 aromatic carbocycles. The highest BCUT2D eigenvalue weighted by Gasteiger charge is 2.27. The largest absolute Gasteiger partial charge is 0.377 e. The van der Waals surface area contributed by atoms with Crippen molar-refractivity contribution >= 4 is 11.6 Å². The molecule has 6 nitrogen and oxygen atoms in total. The van der Waals surface area contributed by atoms with Crippen LogP contribution in [0.3, 0.4) is 0 Å². The summed E-state index contributed by atoms with van der Waals surface area (Å²) in [5.41, 5.74) is 2.68. The minimum atomic E-state index is 0.114. The fraction of sp³-hybridized carbons (Fsp3) is 0.692. The van der Waals surface area contributed by atoms with Crippen LogP contribution in [0.1, 0.15) is 44.9 Å². The maximum Gasteiger partial charge on any atom is 0.158 e. The van der Waals surface area contributed by atoms with Crippen LogP contribution in [0.15, 0.2) is 6.07 Å². The normalized spacial score (nSPS) is 18.1. The van der Waals surface area contributed by atoms with Crippen LogP contribution in [0.5, 0.6) is 0 Å². The van der Waals surface area contributed by atoms with Gasteiger partial charge in [-0.2, -0.15) is 0 Å². The molecule has 0 radical (unpaired) electrons. The number of aromatic nitrogens is 2. The Kier molecular flexibility index (Phi) is 4.55. The highest BCUT2D eigenvalue weighted by molar-refractivity contribution is 5.48. The van der Waals surface area contributed by atoms with Crippen molar-refractivity contribution in [1.29, 1.82) is 0 Å². The van der Waals surface area contributed by atoms with Crippen molar-refractivity contribution in [2.45, 2.75) is 51.2 Å². The number of nitrogens with one attached hydrogen (secondary N) is 2. The standard InChI is InChI=1S/C13H23N5O/c1-13(6-4-3-5-7-13)17-10-8-11(18-14)16-12(15-10)9-19-2/h8H,3-7,9,14H2,1-2H3,(H2,15,16,17,18). The van der Waals surface area contributed by atoms with Crippen LogP contribution in [0, 0.1) is 0 Å². The molecule has 0 aliphatic heterocycles. The van der Waals surface area contributed by atoms with Crippen LogP contribution < -0.4 is 16.6 Å². The van der Waals surface area contributed by atoms with Gasteiger partial charge in [-0.25, -0.2) is 15.8 Å². The van der Waals surface area contributed by atoms with E-state index in [9.17, 15) is 0 Å². The van der Waals surface area contributed by atoms with E-state index in [4.69, 9.17) is 10.6 Å². The van der Waals surface area contributed by atoms with Crippen molar-refractivity contribution < 1.29 is 4.74 Å². The Morgan fingerprint density at radius 1 is 1.26 bits per heavy atom. The minimum absolute atomic E-state index is 0.114. The molecule has 1 aromatic rings. The average molecular weight is 265 g/mol. The Morgan fingerprint density at radius 2 is 1.95 bits per heavy atom. The average Bonchev–Trinajstić information content (AvgIpc) is 2.39. The van der Waals surface area contributed by atoms with E-state index in [1.807, 2.05) is 6.07 Å². The van der Waals surface area contributed by atoms with Gasteiger partial charge in [-0.1, -0.05) is 19.3 Å². The van der Waals surface area contributed by atoms with Crippen molar-refractivity contribution in [3.05, 3.63) is 11.9 Å². The first-order valence-electron chi connectivity index (χ1n) is 6.77. The van der Waals surface area contributed by atoms with Gasteiger partial charge in [0.05, 0.1) is 0 Å². The van der Waals surface area contributed by atoms with E-state index in [0.717, 1.165) is 5.82 Å². The number of anilines is 2. The van der Waals surface area contributed by atoms with Crippen LogP contribution in [-0.2, 0) is 11.3 Å². The zero-order valence-electron chi connectivity index (χ0n) is 11.7. The van der Waals surface area contributed by atoms with Gasteiger partial charge in [0, 0.05) is 18.7 Å². The van der Waals surface area contributed by atoms with Gasteiger partial charge in [-0.3, -0.25) is 0 Å². The first-order valence-corrected chi connectivity index (χ1v) is 6.77. The third-order valence-electron chi connectivity index (χ3n) is 3.58. The molecule has 1 fully saturated rings. The van der Waals surface area contributed by atoms with Crippen molar-refractivity contribution in [3.8, 4) is 0 Å². The SMILES string of the molecule is COCc1nc(NN)cc(NC2(C)CCCCC2)n1. The topological polar surface area (TPSA) is 85.1 Å². The van der Waals surface area contributed by atoms with Gasteiger partial charge in [0.25, 0.3) is 0 Å². The second kappa shape index (κ2) is 6.16. The molecule has 0 bridgehead atoms. The molecule has 2 rings (SSSR count). The molecule has 4 N–H and O–H groups in total. The molecule has 6 heteroatoms. The number of hydrogen-bond donors (Lipinski definition) is 3. The monoisotopic (exact) mass is 265 g/mol. The molecule has 0 atom stereocenters. The Morgan fingerprint density at radius 3 is 2.58 bits per heavy atom. The first-order chi connectivity index (χ1) is 9.15. The molecule has 0 spiro atoms. The number of nitrogens with two attached hydrogens (primary N) is 1. The highest BCUT2D eigenvalue weighted by Crippen LogP contribution is 2.31. The summed E-state index contributed by atoms with van der Waals surface area (Å²) in [7, 11) is 1.63. The van der Waals surface area contributed by atoms with Gasteiger partial charge in [-0.05, 0) is 19.8 Å².